The predicted octanol–water partition coefficient (Wildman–Crippen LogP) is 1.60. The van der Waals surface area contributed by atoms with Crippen molar-refractivity contribution in [2.75, 3.05) is 19.6 Å². The molecule has 1 aliphatic rings. The highest BCUT2D eigenvalue weighted by molar-refractivity contribution is 5.79. The summed E-state index contributed by atoms with van der Waals surface area (Å²) in [5, 5.41) is 2.87. The molecule has 1 aliphatic heterocycles. The Labute approximate surface area is 120 Å². The van der Waals surface area contributed by atoms with E-state index in [9.17, 15) is 9.59 Å². The number of carbonyl (C=O) groups is 2. The van der Waals surface area contributed by atoms with Crippen molar-refractivity contribution in [3.05, 3.63) is 35.9 Å². The van der Waals surface area contributed by atoms with E-state index in [-0.39, 0.29) is 17.7 Å². The first-order chi connectivity index (χ1) is 9.69. The molecular formula is C16H22N2O2. The third-order valence-electron chi connectivity index (χ3n) is 3.72. The van der Waals surface area contributed by atoms with Gasteiger partial charge in [0.1, 0.15) is 0 Å². The smallest absolute Gasteiger partial charge is 0.223 e. The van der Waals surface area contributed by atoms with Crippen LogP contribution in [0.1, 0.15) is 25.3 Å². The molecule has 2 amide bonds. The molecule has 1 aromatic carbocycles. The van der Waals surface area contributed by atoms with Crippen molar-refractivity contribution < 1.29 is 9.59 Å². The minimum atomic E-state index is 0.0557. The molecular weight excluding hydrogens is 252 g/mol. The summed E-state index contributed by atoms with van der Waals surface area (Å²) < 4.78 is 0. The van der Waals surface area contributed by atoms with Gasteiger partial charge >= 0.3 is 0 Å². The van der Waals surface area contributed by atoms with Crippen molar-refractivity contribution >= 4 is 11.8 Å². The van der Waals surface area contributed by atoms with Gasteiger partial charge in [-0.1, -0.05) is 37.3 Å². The molecule has 20 heavy (non-hydrogen) atoms. The summed E-state index contributed by atoms with van der Waals surface area (Å²) in [7, 11) is 0. The summed E-state index contributed by atoms with van der Waals surface area (Å²) >= 11 is 0. The summed E-state index contributed by atoms with van der Waals surface area (Å²) in [6, 6.07) is 10.2. The Balaban J connectivity index is 1.76. The van der Waals surface area contributed by atoms with Gasteiger partial charge in [0.15, 0.2) is 0 Å². The van der Waals surface area contributed by atoms with E-state index in [0.717, 1.165) is 19.5 Å². The Morgan fingerprint density at radius 1 is 1.35 bits per heavy atom. The van der Waals surface area contributed by atoms with Gasteiger partial charge < -0.3 is 10.2 Å². The number of hydrogen-bond acceptors (Lipinski definition) is 2. The molecule has 1 atom stereocenters. The van der Waals surface area contributed by atoms with Gasteiger partial charge in [-0.2, -0.15) is 0 Å². The molecule has 0 radical (unpaired) electrons. The zero-order chi connectivity index (χ0) is 14.4. The van der Waals surface area contributed by atoms with Gasteiger partial charge in [-0.3, -0.25) is 9.59 Å². The van der Waals surface area contributed by atoms with Crippen LogP contribution in [0.2, 0.25) is 0 Å². The van der Waals surface area contributed by atoms with Crippen molar-refractivity contribution in [1.29, 1.82) is 0 Å². The van der Waals surface area contributed by atoms with Gasteiger partial charge in [0, 0.05) is 38.4 Å². The first kappa shape index (κ1) is 14.6. The summed E-state index contributed by atoms with van der Waals surface area (Å²) in [6.45, 7) is 3.97. The molecule has 1 fully saturated rings. The van der Waals surface area contributed by atoms with Crippen LogP contribution in [0.15, 0.2) is 30.3 Å². The topological polar surface area (TPSA) is 49.4 Å². The minimum Gasteiger partial charge on any atom is -0.356 e. The highest BCUT2D eigenvalue weighted by Gasteiger charge is 2.29. The maximum atomic E-state index is 11.9. The van der Waals surface area contributed by atoms with Crippen LogP contribution in [0.3, 0.4) is 0 Å². The summed E-state index contributed by atoms with van der Waals surface area (Å²) in [5.41, 5.74) is 1.25. The fourth-order valence-electron chi connectivity index (χ4n) is 2.50. The molecule has 1 unspecified atom stereocenters. The molecule has 0 spiro atoms. The van der Waals surface area contributed by atoms with Crippen molar-refractivity contribution in [3.8, 4) is 0 Å². The van der Waals surface area contributed by atoms with Gasteiger partial charge in [0.2, 0.25) is 11.8 Å². The summed E-state index contributed by atoms with van der Waals surface area (Å²) in [6.07, 6.45) is 1.94. The third-order valence-corrected chi connectivity index (χ3v) is 3.72. The van der Waals surface area contributed by atoms with Crippen molar-refractivity contribution in [1.82, 2.24) is 10.2 Å². The summed E-state index contributed by atoms with van der Waals surface area (Å²) in [5.74, 6) is 0.519. The van der Waals surface area contributed by atoms with Crippen molar-refractivity contribution in [2.24, 2.45) is 5.92 Å². The lowest BCUT2D eigenvalue weighted by molar-refractivity contribution is -0.127. The van der Waals surface area contributed by atoms with Crippen LogP contribution in [0, 0.1) is 5.92 Å². The lowest BCUT2D eigenvalue weighted by atomic mass is 10.1. The van der Waals surface area contributed by atoms with Crippen LogP contribution >= 0.6 is 0 Å². The van der Waals surface area contributed by atoms with Crippen LogP contribution in [0.4, 0.5) is 0 Å². The molecule has 108 valence electrons. The lowest BCUT2D eigenvalue weighted by Crippen LogP contribution is -2.31. The minimum absolute atomic E-state index is 0.0557. The summed E-state index contributed by atoms with van der Waals surface area (Å²) in [4.78, 5) is 25.1. The van der Waals surface area contributed by atoms with E-state index in [0.29, 0.717) is 19.4 Å². The van der Waals surface area contributed by atoms with Gasteiger partial charge in [-0.25, -0.2) is 0 Å². The molecule has 0 aliphatic carbocycles. The Hall–Kier alpha value is -1.84. The maximum Gasteiger partial charge on any atom is 0.223 e. The fourth-order valence-corrected chi connectivity index (χ4v) is 2.50. The van der Waals surface area contributed by atoms with E-state index in [1.165, 1.54) is 5.56 Å². The van der Waals surface area contributed by atoms with E-state index in [2.05, 4.69) is 17.4 Å². The molecule has 4 heteroatoms. The number of hydrogen-bond donors (Lipinski definition) is 1. The van der Waals surface area contributed by atoms with E-state index in [1.807, 2.05) is 30.0 Å². The normalized spacial score (nSPS) is 18.4. The number of carbonyl (C=O) groups excluding carboxylic acids is 2. The molecule has 1 N–H and O–H groups in total. The number of rotatable bonds is 6. The fraction of sp³-hybridized carbons (Fsp3) is 0.500. The molecule has 1 saturated heterocycles. The quantitative estimate of drug-likeness (QED) is 0.856. The second-order valence-electron chi connectivity index (χ2n) is 5.30. The van der Waals surface area contributed by atoms with Gasteiger partial charge in [0.05, 0.1) is 0 Å². The van der Waals surface area contributed by atoms with Crippen LogP contribution in [0.5, 0.6) is 0 Å². The zero-order valence-electron chi connectivity index (χ0n) is 12.0. The van der Waals surface area contributed by atoms with Crippen molar-refractivity contribution in [3.63, 3.8) is 0 Å². The average Bonchev–Trinajstić information content (AvgIpc) is 2.84. The monoisotopic (exact) mass is 274 g/mol. The van der Waals surface area contributed by atoms with Crippen LogP contribution in [-0.4, -0.2) is 36.3 Å². The Morgan fingerprint density at radius 3 is 2.80 bits per heavy atom. The Bertz CT molecular complexity index is 459. The molecule has 1 aromatic rings. The van der Waals surface area contributed by atoms with Gasteiger partial charge in [-0.15, -0.1) is 0 Å². The van der Waals surface area contributed by atoms with Gasteiger partial charge in [0.25, 0.3) is 0 Å². The lowest BCUT2D eigenvalue weighted by Gasteiger charge is -2.16. The average molecular weight is 274 g/mol. The first-order valence-electron chi connectivity index (χ1n) is 7.27. The van der Waals surface area contributed by atoms with E-state index >= 15 is 0 Å². The van der Waals surface area contributed by atoms with Crippen LogP contribution in [-0.2, 0) is 16.0 Å². The Morgan fingerprint density at radius 2 is 2.10 bits per heavy atom. The highest BCUT2D eigenvalue weighted by Crippen LogP contribution is 2.17. The molecule has 1 heterocycles. The van der Waals surface area contributed by atoms with Crippen LogP contribution < -0.4 is 5.32 Å². The standard InChI is InChI=1S/C16H22N2O2/c1-2-15(19)17-11-14-10-16(20)18(12-14)9-8-13-6-4-3-5-7-13/h3-7,14H,2,8-12H2,1H3,(H,17,19). The zero-order valence-corrected chi connectivity index (χ0v) is 12.0. The predicted molar refractivity (Wildman–Crippen MR) is 78.1 cm³/mol. The SMILES string of the molecule is CCC(=O)NCC1CC(=O)N(CCc2ccccc2)C1. The molecule has 0 bridgehead atoms. The van der Waals surface area contributed by atoms with E-state index in [4.69, 9.17) is 0 Å². The molecule has 4 nitrogen and oxygen atoms in total. The second kappa shape index (κ2) is 7.08. The van der Waals surface area contributed by atoms with Crippen molar-refractivity contribution in [2.45, 2.75) is 26.2 Å². The number of likely N-dealkylation sites (tertiary alicyclic amines) is 1. The number of nitrogens with one attached hydrogen (secondary N) is 1. The van der Waals surface area contributed by atoms with E-state index in [1.54, 1.807) is 0 Å². The first-order valence-corrected chi connectivity index (χ1v) is 7.27. The highest BCUT2D eigenvalue weighted by atomic mass is 16.2. The maximum absolute atomic E-state index is 11.9. The Kier molecular flexibility index (Phi) is 5.16. The number of amides is 2. The molecule has 0 saturated carbocycles. The second-order valence-corrected chi connectivity index (χ2v) is 5.30. The van der Waals surface area contributed by atoms with E-state index < -0.39 is 0 Å². The molecule has 2 rings (SSSR count). The number of nitrogens with zero attached hydrogens (tertiary/aromatic N) is 1. The third kappa shape index (κ3) is 4.08. The van der Waals surface area contributed by atoms with Gasteiger partial charge in [-0.05, 0) is 12.0 Å². The largest absolute Gasteiger partial charge is 0.356 e. The van der Waals surface area contributed by atoms with Crippen LogP contribution in [0.25, 0.3) is 0 Å². The molecule has 0 aromatic heterocycles. The number of benzene rings is 1.